The fourth-order valence-corrected chi connectivity index (χ4v) is 2.27. The fourth-order valence-electron chi connectivity index (χ4n) is 1.75. The van der Waals surface area contributed by atoms with Crippen LogP contribution in [0.5, 0.6) is 0 Å². The summed E-state index contributed by atoms with van der Waals surface area (Å²) in [7, 11) is 0. The number of benzene rings is 2. The minimum absolute atomic E-state index is 0.763. The van der Waals surface area contributed by atoms with Crippen LogP contribution < -0.4 is 0 Å². The SMILES string of the molecule is Clc1cccc(/C(=C/CBr)c2ccccc2)c1. The molecule has 0 amide bonds. The van der Waals surface area contributed by atoms with E-state index in [-0.39, 0.29) is 0 Å². The summed E-state index contributed by atoms with van der Waals surface area (Å²) in [6.45, 7) is 0. The quantitative estimate of drug-likeness (QED) is 0.687. The molecule has 0 aliphatic carbocycles. The topological polar surface area (TPSA) is 0 Å². The molecule has 0 N–H and O–H groups in total. The van der Waals surface area contributed by atoms with E-state index < -0.39 is 0 Å². The van der Waals surface area contributed by atoms with E-state index in [0.717, 1.165) is 15.9 Å². The molecule has 0 bridgehead atoms. The number of halogens is 2. The number of rotatable bonds is 3. The molecule has 0 spiro atoms. The Morgan fingerprint density at radius 2 is 1.71 bits per heavy atom. The van der Waals surface area contributed by atoms with Gasteiger partial charge in [0, 0.05) is 10.4 Å². The first kappa shape index (κ1) is 12.4. The van der Waals surface area contributed by atoms with Gasteiger partial charge in [0.1, 0.15) is 0 Å². The molecule has 0 radical (unpaired) electrons. The Morgan fingerprint density at radius 1 is 1.00 bits per heavy atom. The molecule has 17 heavy (non-hydrogen) atoms. The van der Waals surface area contributed by atoms with E-state index in [9.17, 15) is 0 Å². The summed E-state index contributed by atoms with van der Waals surface area (Å²) in [6, 6.07) is 18.3. The summed E-state index contributed by atoms with van der Waals surface area (Å²) in [5.41, 5.74) is 3.54. The first-order valence-corrected chi connectivity index (χ1v) is 6.88. The maximum Gasteiger partial charge on any atom is 0.0412 e. The van der Waals surface area contributed by atoms with E-state index in [4.69, 9.17) is 11.6 Å². The van der Waals surface area contributed by atoms with Crippen LogP contribution >= 0.6 is 27.5 Å². The minimum atomic E-state index is 0.763. The molecule has 2 rings (SSSR count). The Hall–Kier alpha value is -1.05. The lowest BCUT2D eigenvalue weighted by atomic mass is 9.98. The molecule has 0 saturated heterocycles. The number of alkyl halides is 1. The molecule has 2 aromatic rings. The van der Waals surface area contributed by atoms with Gasteiger partial charge in [0.2, 0.25) is 0 Å². The zero-order chi connectivity index (χ0) is 12.1. The molecule has 0 aromatic heterocycles. The number of hydrogen-bond acceptors (Lipinski definition) is 0. The largest absolute Gasteiger partial charge is 0.0883 e. The molecule has 0 aliphatic heterocycles. The second-order valence-electron chi connectivity index (χ2n) is 3.65. The Balaban J connectivity index is 2.47. The normalized spacial score (nSPS) is 11.5. The lowest BCUT2D eigenvalue weighted by molar-refractivity contribution is 1.53. The van der Waals surface area contributed by atoms with Gasteiger partial charge in [-0.25, -0.2) is 0 Å². The van der Waals surface area contributed by atoms with Crippen molar-refractivity contribution in [2.75, 3.05) is 5.33 Å². The summed E-state index contributed by atoms with van der Waals surface area (Å²) in [6.07, 6.45) is 2.15. The first-order chi connectivity index (χ1) is 8.31. The second kappa shape index (κ2) is 6.04. The highest BCUT2D eigenvalue weighted by molar-refractivity contribution is 9.09. The molecule has 0 atom stereocenters. The summed E-state index contributed by atoms with van der Waals surface area (Å²) < 4.78 is 0. The molecule has 2 heteroatoms. The van der Waals surface area contributed by atoms with Crippen molar-refractivity contribution in [3.63, 3.8) is 0 Å². The third-order valence-electron chi connectivity index (χ3n) is 2.50. The van der Waals surface area contributed by atoms with Crippen LogP contribution in [0.1, 0.15) is 11.1 Å². The summed E-state index contributed by atoms with van der Waals surface area (Å²) in [5.74, 6) is 0. The van der Waals surface area contributed by atoms with Gasteiger partial charge in [-0.3, -0.25) is 0 Å². The van der Waals surface area contributed by atoms with Crippen LogP contribution in [-0.4, -0.2) is 5.33 Å². The average molecular weight is 308 g/mol. The Labute approximate surface area is 115 Å². The van der Waals surface area contributed by atoms with Crippen molar-refractivity contribution in [1.29, 1.82) is 0 Å². The van der Waals surface area contributed by atoms with Gasteiger partial charge >= 0.3 is 0 Å². The Kier molecular flexibility index (Phi) is 4.41. The predicted octanol–water partition coefficient (Wildman–Crippen LogP) is 5.17. The van der Waals surface area contributed by atoms with Crippen molar-refractivity contribution >= 4 is 33.1 Å². The first-order valence-electron chi connectivity index (χ1n) is 5.39. The minimum Gasteiger partial charge on any atom is -0.0883 e. The molecule has 0 aliphatic rings. The van der Waals surface area contributed by atoms with Gasteiger partial charge < -0.3 is 0 Å². The third kappa shape index (κ3) is 3.21. The van der Waals surface area contributed by atoms with Gasteiger partial charge in [-0.1, -0.05) is 76.1 Å². The van der Waals surface area contributed by atoms with Crippen molar-refractivity contribution in [2.45, 2.75) is 0 Å². The molecule has 2 aromatic carbocycles. The van der Waals surface area contributed by atoms with Crippen LogP contribution in [0.25, 0.3) is 5.57 Å². The lowest BCUT2D eigenvalue weighted by Gasteiger charge is -2.08. The summed E-state index contributed by atoms with van der Waals surface area (Å²) in [4.78, 5) is 0. The fraction of sp³-hybridized carbons (Fsp3) is 0.0667. The van der Waals surface area contributed by atoms with Crippen LogP contribution in [0.3, 0.4) is 0 Å². The summed E-state index contributed by atoms with van der Waals surface area (Å²) >= 11 is 9.49. The van der Waals surface area contributed by atoms with Crippen LogP contribution in [0.15, 0.2) is 60.7 Å². The molecule has 0 heterocycles. The Morgan fingerprint density at radius 3 is 2.35 bits per heavy atom. The van der Waals surface area contributed by atoms with Gasteiger partial charge in [0.15, 0.2) is 0 Å². The van der Waals surface area contributed by atoms with Gasteiger partial charge in [-0.05, 0) is 28.8 Å². The maximum absolute atomic E-state index is 6.04. The van der Waals surface area contributed by atoms with E-state index in [1.165, 1.54) is 11.1 Å². The van der Waals surface area contributed by atoms with E-state index in [1.807, 2.05) is 36.4 Å². The van der Waals surface area contributed by atoms with Crippen molar-refractivity contribution in [3.05, 3.63) is 76.8 Å². The van der Waals surface area contributed by atoms with E-state index in [1.54, 1.807) is 0 Å². The van der Waals surface area contributed by atoms with E-state index >= 15 is 0 Å². The van der Waals surface area contributed by atoms with E-state index in [0.29, 0.717) is 0 Å². The lowest BCUT2D eigenvalue weighted by Crippen LogP contribution is -1.88. The maximum atomic E-state index is 6.04. The number of hydrogen-bond donors (Lipinski definition) is 0. The van der Waals surface area contributed by atoms with Gasteiger partial charge in [-0.2, -0.15) is 0 Å². The highest BCUT2D eigenvalue weighted by Gasteiger charge is 2.04. The number of allylic oxidation sites excluding steroid dienone is 1. The molecule has 0 saturated carbocycles. The highest BCUT2D eigenvalue weighted by Crippen LogP contribution is 2.25. The molecule has 0 unspecified atom stereocenters. The summed E-state index contributed by atoms with van der Waals surface area (Å²) in [5, 5.41) is 1.59. The van der Waals surface area contributed by atoms with Crippen molar-refractivity contribution in [3.8, 4) is 0 Å². The standard InChI is InChI=1S/C15H12BrCl/c16-10-9-15(12-5-2-1-3-6-12)13-7-4-8-14(17)11-13/h1-9,11H,10H2/b15-9+. The van der Waals surface area contributed by atoms with Gasteiger partial charge in [-0.15, -0.1) is 0 Å². The van der Waals surface area contributed by atoms with Crippen LogP contribution in [0, 0.1) is 0 Å². The second-order valence-corrected chi connectivity index (χ2v) is 4.73. The zero-order valence-corrected chi connectivity index (χ0v) is 11.6. The monoisotopic (exact) mass is 306 g/mol. The Bertz CT molecular complexity index is 517. The molecule has 0 fully saturated rings. The van der Waals surface area contributed by atoms with E-state index in [2.05, 4.69) is 40.2 Å². The molecule has 86 valence electrons. The smallest absolute Gasteiger partial charge is 0.0412 e. The highest BCUT2D eigenvalue weighted by atomic mass is 79.9. The van der Waals surface area contributed by atoms with Crippen molar-refractivity contribution in [1.82, 2.24) is 0 Å². The average Bonchev–Trinajstić information content (AvgIpc) is 2.37. The van der Waals surface area contributed by atoms with Crippen molar-refractivity contribution < 1.29 is 0 Å². The van der Waals surface area contributed by atoms with Crippen LogP contribution in [0.4, 0.5) is 0 Å². The van der Waals surface area contributed by atoms with Crippen molar-refractivity contribution in [2.24, 2.45) is 0 Å². The predicted molar refractivity (Wildman–Crippen MR) is 78.8 cm³/mol. The molecular formula is C15H12BrCl. The third-order valence-corrected chi connectivity index (χ3v) is 3.06. The molecular weight excluding hydrogens is 296 g/mol. The van der Waals surface area contributed by atoms with Gasteiger partial charge in [0.25, 0.3) is 0 Å². The zero-order valence-electron chi connectivity index (χ0n) is 9.24. The van der Waals surface area contributed by atoms with Gasteiger partial charge in [0.05, 0.1) is 0 Å². The van der Waals surface area contributed by atoms with Crippen LogP contribution in [0.2, 0.25) is 5.02 Å². The molecule has 0 nitrogen and oxygen atoms in total. The van der Waals surface area contributed by atoms with Crippen LogP contribution in [-0.2, 0) is 0 Å².